The van der Waals surface area contributed by atoms with Gasteiger partial charge < -0.3 is 0 Å². The van der Waals surface area contributed by atoms with Gasteiger partial charge in [-0.15, -0.1) is 11.8 Å². The number of hydrogen-bond acceptors (Lipinski definition) is 3. The molecule has 0 N–H and O–H groups in total. The van der Waals surface area contributed by atoms with Crippen LogP contribution in [0.25, 0.3) is 5.69 Å². The number of aromatic nitrogens is 2. The van der Waals surface area contributed by atoms with Crippen LogP contribution < -0.4 is 0 Å². The van der Waals surface area contributed by atoms with Gasteiger partial charge in [0, 0.05) is 6.20 Å². The van der Waals surface area contributed by atoms with E-state index in [1.807, 2.05) is 6.26 Å². The summed E-state index contributed by atoms with van der Waals surface area (Å²) in [4.78, 5) is 0. The first-order chi connectivity index (χ1) is 8.56. The number of nitrogens with zero attached hydrogens (tertiary/aromatic N) is 3. The molecule has 7 heteroatoms. The van der Waals surface area contributed by atoms with Gasteiger partial charge in [0.1, 0.15) is 16.7 Å². The van der Waals surface area contributed by atoms with Crippen LogP contribution in [-0.2, 0) is 0 Å². The Kier molecular flexibility index (Phi) is 4.08. The number of thioether (sulfide) groups is 1. The van der Waals surface area contributed by atoms with E-state index >= 15 is 0 Å². The van der Waals surface area contributed by atoms with Crippen LogP contribution in [0, 0.1) is 11.3 Å². The van der Waals surface area contributed by atoms with E-state index in [0.717, 1.165) is 0 Å². The van der Waals surface area contributed by atoms with Gasteiger partial charge in [0.25, 0.3) is 0 Å². The van der Waals surface area contributed by atoms with Crippen LogP contribution >= 0.6 is 46.6 Å². The van der Waals surface area contributed by atoms with E-state index in [0.29, 0.717) is 31.3 Å². The fraction of sp³-hybridized carbons (Fsp3) is 0.0909. The minimum Gasteiger partial charge on any atom is -0.238 e. The van der Waals surface area contributed by atoms with Crippen molar-refractivity contribution in [2.24, 2.45) is 0 Å². The molecule has 0 fully saturated rings. The third-order valence-corrected chi connectivity index (χ3v) is 4.11. The van der Waals surface area contributed by atoms with Crippen molar-refractivity contribution < 1.29 is 0 Å². The molecule has 0 aliphatic heterocycles. The summed E-state index contributed by atoms with van der Waals surface area (Å²) in [7, 11) is 0. The van der Waals surface area contributed by atoms with E-state index in [-0.39, 0.29) is 0 Å². The van der Waals surface area contributed by atoms with Crippen molar-refractivity contribution in [3.63, 3.8) is 0 Å². The Morgan fingerprint density at radius 1 is 1.28 bits per heavy atom. The summed E-state index contributed by atoms with van der Waals surface area (Å²) < 4.78 is 1.55. The quantitative estimate of drug-likeness (QED) is 0.608. The van der Waals surface area contributed by atoms with Gasteiger partial charge in [-0.3, -0.25) is 0 Å². The van der Waals surface area contributed by atoms with Crippen molar-refractivity contribution in [2.75, 3.05) is 6.26 Å². The second-order valence-corrected chi connectivity index (χ2v) is 5.32. The fourth-order valence-electron chi connectivity index (χ4n) is 1.39. The average molecular weight is 319 g/mol. The van der Waals surface area contributed by atoms with Crippen LogP contribution in [0.1, 0.15) is 5.56 Å². The summed E-state index contributed by atoms with van der Waals surface area (Å²) in [6, 6.07) is 5.37. The molecule has 0 saturated carbocycles. The Bertz CT molecular complexity index is 622. The topological polar surface area (TPSA) is 41.6 Å². The predicted molar refractivity (Wildman–Crippen MR) is 75.1 cm³/mol. The van der Waals surface area contributed by atoms with Gasteiger partial charge in [-0.2, -0.15) is 10.4 Å². The first-order valence-corrected chi connectivity index (χ1v) is 7.11. The normalized spacial score (nSPS) is 10.4. The molecule has 1 aromatic heterocycles. The molecule has 0 atom stereocenters. The number of halogens is 3. The second kappa shape index (κ2) is 5.41. The van der Waals surface area contributed by atoms with E-state index in [4.69, 9.17) is 40.1 Å². The highest BCUT2D eigenvalue weighted by Crippen LogP contribution is 2.32. The maximum absolute atomic E-state index is 8.97. The smallest absolute Gasteiger partial charge is 0.136 e. The van der Waals surface area contributed by atoms with Crippen molar-refractivity contribution in [1.82, 2.24) is 9.78 Å². The van der Waals surface area contributed by atoms with Crippen LogP contribution in [0.15, 0.2) is 23.4 Å². The lowest BCUT2D eigenvalue weighted by atomic mass is 10.3. The van der Waals surface area contributed by atoms with Crippen molar-refractivity contribution in [2.45, 2.75) is 5.03 Å². The minimum absolute atomic E-state index is 0.305. The molecule has 2 rings (SSSR count). The molecule has 0 bridgehead atoms. The Morgan fingerprint density at radius 2 is 1.89 bits per heavy atom. The van der Waals surface area contributed by atoms with Crippen molar-refractivity contribution in [1.29, 1.82) is 5.26 Å². The molecule has 0 amide bonds. The van der Waals surface area contributed by atoms with Gasteiger partial charge in [-0.05, 0) is 18.4 Å². The zero-order valence-corrected chi connectivity index (χ0v) is 12.2. The van der Waals surface area contributed by atoms with Crippen molar-refractivity contribution in [3.05, 3.63) is 39.0 Å². The van der Waals surface area contributed by atoms with Crippen molar-refractivity contribution in [3.8, 4) is 11.8 Å². The Hall–Kier alpha value is -0.860. The maximum atomic E-state index is 8.97. The molecular formula is C11H6Cl3N3S. The lowest BCUT2D eigenvalue weighted by molar-refractivity contribution is 0.838. The molecule has 0 aliphatic carbocycles. The summed E-state index contributed by atoms with van der Waals surface area (Å²) in [5, 5.41) is 14.9. The molecule has 2 aromatic rings. The lowest BCUT2D eigenvalue weighted by Gasteiger charge is -2.05. The number of rotatable bonds is 2. The third kappa shape index (κ3) is 2.45. The molecule has 3 nitrogen and oxygen atoms in total. The predicted octanol–water partition coefficient (Wildman–Crippen LogP) is 4.43. The molecule has 0 spiro atoms. The van der Waals surface area contributed by atoms with Crippen LogP contribution in [0.4, 0.5) is 0 Å². The lowest BCUT2D eigenvalue weighted by Crippen LogP contribution is -1.95. The first kappa shape index (κ1) is 13.6. The molecule has 0 aliphatic rings. The zero-order valence-electron chi connectivity index (χ0n) is 9.12. The number of nitriles is 1. The minimum atomic E-state index is 0.305. The molecule has 0 unspecified atom stereocenters. The van der Waals surface area contributed by atoms with Crippen LogP contribution in [0.3, 0.4) is 0 Å². The largest absolute Gasteiger partial charge is 0.238 e. The summed E-state index contributed by atoms with van der Waals surface area (Å²) in [5.74, 6) is 0. The molecule has 1 aromatic carbocycles. The second-order valence-electron chi connectivity index (χ2n) is 3.33. The third-order valence-electron chi connectivity index (χ3n) is 2.23. The fourth-order valence-corrected chi connectivity index (χ4v) is 2.46. The highest BCUT2D eigenvalue weighted by molar-refractivity contribution is 7.98. The average Bonchev–Trinajstić information content (AvgIpc) is 2.78. The summed E-state index contributed by atoms with van der Waals surface area (Å²) in [5.41, 5.74) is 1.16. The molecule has 0 saturated heterocycles. The molecule has 92 valence electrons. The highest BCUT2D eigenvalue weighted by atomic mass is 35.5. The molecule has 1 heterocycles. The van der Waals surface area contributed by atoms with Crippen LogP contribution in [-0.4, -0.2) is 16.0 Å². The van der Waals surface area contributed by atoms with Gasteiger partial charge in [0.05, 0.1) is 20.8 Å². The van der Waals surface area contributed by atoms with E-state index in [1.54, 1.807) is 23.0 Å². The van der Waals surface area contributed by atoms with E-state index in [2.05, 4.69) is 11.2 Å². The number of hydrogen-bond donors (Lipinski definition) is 0. The summed E-state index contributed by atoms with van der Waals surface area (Å²) in [6.45, 7) is 0. The standard InChI is InChI=1S/C11H6Cl3N3S/c1-18-11-6(4-15)5-17(16-11)7-2-8(12)10(14)9(13)3-7/h2-3,5H,1H3. The van der Waals surface area contributed by atoms with Gasteiger partial charge in [0.15, 0.2) is 0 Å². The van der Waals surface area contributed by atoms with E-state index in [9.17, 15) is 0 Å². The van der Waals surface area contributed by atoms with Crippen molar-refractivity contribution >= 4 is 46.6 Å². The van der Waals surface area contributed by atoms with Crippen LogP contribution in [0.5, 0.6) is 0 Å². The van der Waals surface area contributed by atoms with Gasteiger partial charge in [-0.1, -0.05) is 34.8 Å². The Labute approximate surface area is 123 Å². The monoisotopic (exact) mass is 317 g/mol. The number of benzene rings is 1. The van der Waals surface area contributed by atoms with E-state index < -0.39 is 0 Å². The molecular weight excluding hydrogens is 313 g/mol. The first-order valence-electron chi connectivity index (χ1n) is 4.75. The Balaban J connectivity index is 2.56. The zero-order chi connectivity index (χ0) is 13.3. The van der Waals surface area contributed by atoms with Gasteiger partial charge in [-0.25, -0.2) is 4.68 Å². The van der Waals surface area contributed by atoms with Gasteiger partial charge >= 0.3 is 0 Å². The maximum Gasteiger partial charge on any atom is 0.136 e. The van der Waals surface area contributed by atoms with Gasteiger partial charge in [0.2, 0.25) is 0 Å². The summed E-state index contributed by atoms with van der Waals surface area (Å²) in [6.07, 6.45) is 3.48. The summed E-state index contributed by atoms with van der Waals surface area (Å²) >= 11 is 19.2. The SMILES string of the molecule is CSc1nn(-c2cc(Cl)c(Cl)c(Cl)c2)cc1C#N. The highest BCUT2D eigenvalue weighted by Gasteiger charge is 2.11. The van der Waals surface area contributed by atoms with Crippen LogP contribution in [0.2, 0.25) is 15.1 Å². The molecule has 18 heavy (non-hydrogen) atoms. The van der Waals surface area contributed by atoms with E-state index in [1.165, 1.54) is 11.8 Å². The Morgan fingerprint density at radius 3 is 2.33 bits per heavy atom. The molecule has 0 radical (unpaired) electrons.